The first-order valence-electron chi connectivity index (χ1n) is 7.66. The largest absolute Gasteiger partial charge is 0.449 e. The van der Waals surface area contributed by atoms with Crippen molar-refractivity contribution in [1.82, 2.24) is 10.1 Å². The van der Waals surface area contributed by atoms with Crippen LogP contribution in [0.1, 0.15) is 10.4 Å². The zero-order valence-corrected chi connectivity index (χ0v) is 14.2. The highest BCUT2D eigenvalue weighted by Crippen LogP contribution is 2.10. The monoisotopic (exact) mass is 350 g/mol. The number of nitrogens with zero attached hydrogens (tertiary/aromatic N) is 2. The second-order valence-corrected chi connectivity index (χ2v) is 5.87. The molecule has 1 heterocycles. The van der Waals surface area contributed by atoms with E-state index < -0.39 is 0 Å². The fourth-order valence-corrected chi connectivity index (χ4v) is 2.80. The van der Waals surface area contributed by atoms with Crippen LogP contribution in [0.25, 0.3) is 5.69 Å². The number of carbonyl (C=O) groups excluding carboxylic acids is 1. The molecule has 0 aliphatic heterocycles. The maximum atomic E-state index is 11.8. The third-order valence-electron chi connectivity index (χ3n) is 3.25. The fraction of sp³-hybridized carbons (Fsp3) is 0.105. The summed E-state index contributed by atoms with van der Waals surface area (Å²) in [5.41, 5.74) is 1.53. The first-order valence-corrected chi connectivity index (χ1v) is 8.65. The number of H-pyrrole nitrogens is 1. The van der Waals surface area contributed by atoms with Gasteiger partial charge in [-0.2, -0.15) is 5.10 Å². The third kappa shape index (κ3) is 4.72. The van der Waals surface area contributed by atoms with Crippen LogP contribution in [0.5, 0.6) is 0 Å². The number of ether oxygens (including phenoxy) is 1. The van der Waals surface area contributed by atoms with Crippen molar-refractivity contribution in [3.05, 3.63) is 72.6 Å². The zero-order chi connectivity index (χ0) is 17.3. The minimum Gasteiger partial charge on any atom is -0.449 e. The van der Waals surface area contributed by atoms with Crippen molar-refractivity contribution in [1.29, 1.82) is 0 Å². The van der Waals surface area contributed by atoms with E-state index in [-0.39, 0.29) is 12.6 Å². The fourth-order valence-electron chi connectivity index (χ4n) is 2.08. The number of rotatable bonds is 5. The Balaban J connectivity index is 1.48. The SMILES string of the molecule is O=C(OCC#CCSc1nc[nH][n+]1-c1ccccc1)c1ccccc1. The lowest BCUT2D eigenvalue weighted by Crippen LogP contribution is -2.34. The number of hydrogen-bond donors (Lipinski definition) is 1. The minimum absolute atomic E-state index is 0.0769. The topological polar surface area (TPSA) is 58.9 Å². The minimum atomic E-state index is -0.364. The lowest BCUT2D eigenvalue weighted by molar-refractivity contribution is -0.694. The second-order valence-electron chi connectivity index (χ2n) is 4.93. The van der Waals surface area contributed by atoms with Gasteiger partial charge in [0.2, 0.25) is 6.33 Å². The van der Waals surface area contributed by atoms with Crippen molar-refractivity contribution in [2.75, 3.05) is 12.4 Å². The average molecular weight is 350 g/mol. The van der Waals surface area contributed by atoms with Crippen LogP contribution < -0.4 is 4.68 Å². The molecular weight excluding hydrogens is 334 g/mol. The molecule has 3 aromatic rings. The average Bonchev–Trinajstić information content (AvgIpc) is 3.14. The van der Waals surface area contributed by atoms with Crippen molar-refractivity contribution in [2.45, 2.75) is 5.16 Å². The predicted molar refractivity (Wildman–Crippen MR) is 95.3 cm³/mol. The van der Waals surface area contributed by atoms with Gasteiger partial charge in [0, 0.05) is 0 Å². The number of esters is 1. The van der Waals surface area contributed by atoms with Gasteiger partial charge in [-0.25, -0.2) is 4.79 Å². The molecule has 0 saturated carbocycles. The Morgan fingerprint density at radius 1 is 1.08 bits per heavy atom. The van der Waals surface area contributed by atoms with Crippen molar-refractivity contribution in [3.8, 4) is 17.5 Å². The van der Waals surface area contributed by atoms with Gasteiger partial charge in [0.25, 0.3) is 0 Å². The van der Waals surface area contributed by atoms with Crippen LogP contribution in [0.3, 0.4) is 0 Å². The highest BCUT2D eigenvalue weighted by Gasteiger charge is 2.15. The van der Waals surface area contributed by atoms with E-state index in [4.69, 9.17) is 4.74 Å². The molecule has 6 heteroatoms. The molecule has 5 nitrogen and oxygen atoms in total. The van der Waals surface area contributed by atoms with Gasteiger partial charge < -0.3 is 4.74 Å². The van der Waals surface area contributed by atoms with Crippen LogP contribution in [-0.4, -0.2) is 28.4 Å². The predicted octanol–water partition coefficient (Wildman–Crippen LogP) is 2.64. The number of aromatic amines is 1. The molecule has 3 rings (SSSR count). The maximum absolute atomic E-state index is 11.8. The van der Waals surface area contributed by atoms with Crippen molar-refractivity contribution < 1.29 is 14.2 Å². The van der Waals surface area contributed by atoms with Gasteiger partial charge in [-0.3, -0.25) is 0 Å². The molecule has 0 radical (unpaired) electrons. The number of hydrogen-bond acceptors (Lipinski definition) is 4. The Hall–Kier alpha value is -3.04. The second kappa shape index (κ2) is 8.71. The highest BCUT2D eigenvalue weighted by atomic mass is 32.2. The number of aromatic nitrogens is 3. The van der Waals surface area contributed by atoms with Crippen LogP contribution in [0, 0.1) is 11.8 Å². The summed E-state index contributed by atoms with van der Waals surface area (Å²) < 4.78 is 7.00. The molecule has 0 aliphatic rings. The van der Waals surface area contributed by atoms with Gasteiger partial charge in [-0.1, -0.05) is 48.2 Å². The molecular formula is C19H16N3O2S+. The molecule has 0 aliphatic carbocycles. The van der Waals surface area contributed by atoms with Gasteiger partial charge in [-0.15, -0.1) is 4.68 Å². The van der Waals surface area contributed by atoms with E-state index in [0.717, 1.165) is 10.8 Å². The summed E-state index contributed by atoms with van der Waals surface area (Å²) >= 11 is 1.51. The Morgan fingerprint density at radius 3 is 2.56 bits per heavy atom. The zero-order valence-electron chi connectivity index (χ0n) is 13.4. The lowest BCUT2D eigenvalue weighted by atomic mass is 10.2. The van der Waals surface area contributed by atoms with Gasteiger partial charge in [0.15, 0.2) is 12.3 Å². The van der Waals surface area contributed by atoms with E-state index in [0.29, 0.717) is 11.3 Å². The Morgan fingerprint density at radius 2 is 1.80 bits per heavy atom. The molecule has 0 atom stereocenters. The van der Waals surface area contributed by atoms with E-state index >= 15 is 0 Å². The summed E-state index contributed by atoms with van der Waals surface area (Å²) in [5, 5.41) is 3.90. The molecule has 1 aromatic heterocycles. The van der Waals surface area contributed by atoms with Gasteiger partial charge in [0.1, 0.15) is 0 Å². The summed E-state index contributed by atoms with van der Waals surface area (Å²) in [6.07, 6.45) is 1.64. The van der Waals surface area contributed by atoms with E-state index in [1.165, 1.54) is 11.8 Å². The number of carbonyl (C=O) groups is 1. The normalized spacial score (nSPS) is 9.92. The number of para-hydroxylation sites is 1. The van der Waals surface area contributed by atoms with Crippen LogP contribution in [0.2, 0.25) is 0 Å². The van der Waals surface area contributed by atoms with Crippen LogP contribution in [0.4, 0.5) is 0 Å². The molecule has 1 N–H and O–H groups in total. The highest BCUT2D eigenvalue weighted by molar-refractivity contribution is 7.99. The number of benzene rings is 2. The van der Waals surface area contributed by atoms with Crippen LogP contribution in [0.15, 0.2) is 72.1 Å². The van der Waals surface area contributed by atoms with E-state index in [1.807, 2.05) is 41.1 Å². The lowest BCUT2D eigenvalue weighted by Gasteiger charge is -1.99. The third-order valence-corrected chi connectivity index (χ3v) is 4.09. The van der Waals surface area contributed by atoms with E-state index in [2.05, 4.69) is 21.9 Å². The molecule has 0 amide bonds. The number of thioether (sulfide) groups is 1. The molecule has 0 fully saturated rings. The Bertz CT molecular complexity index is 883. The Kier molecular flexibility index (Phi) is 5.86. The molecule has 0 saturated heterocycles. The van der Waals surface area contributed by atoms with Crippen LogP contribution >= 0.6 is 11.8 Å². The smallest absolute Gasteiger partial charge is 0.386 e. The van der Waals surface area contributed by atoms with Crippen molar-refractivity contribution in [2.24, 2.45) is 0 Å². The van der Waals surface area contributed by atoms with Gasteiger partial charge >= 0.3 is 11.1 Å². The quantitative estimate of drug-likeness (QED) is 0.333. The maximum Gasteiger partial charge on any atom is 0.386 e. The first kappa shape index (κ1) is 16.8. The van der Waals surface area contributed by atoms with Gasteiger partial charge in [-0.05, 0) is 41.0 Å². The van der Waals surface area contributed by atoms with E-state index in [9.17, 15) is 4.79 Å². The molecule has 25 heavy (non-hydrogen) atoms. The molecule has 0 unspecified atom stereocenters. The van der Waals surface area contributed by atoms with Gasteiger partial charge in [0.05, 0.1) is 11.3 Å². The van der Waals surface area contributed by atoms with E-state index in [1.54, 1.807) is 30.6 Å². The summed E-state index contributed by atoms with van der Waals surface area (Å²) in [4.78, 5) is 16.0. The van der Waals surface area contributed by atoms with Crippen LogP contribution in [-0.2, 0) is 4.74 Å². The molecule has 0 spiro atoms. The summed E-state index contributed by atoms with van der Waals surface area (Å²) in [6, 6.07) is 18.8. The molecule has 0 bridgehead atoms. The Labute approximate surface area is 150 Å². The standard InChI is InChI=1S/C19H15N3O2S/c23-18(16-9-3-1-4-10-16)24-13-7-8-14-25-19-20-15-21-22(19)17-11-5-2-6-12-17/h1-6,9-12,15H,13-14H2/p+1. The first-order chi connectivity index (χ1) is 12.3. The van der Waals surface area contributed by atoms with Crippen molar-refractivity contribution in [3.63, 3.8) is 0 Å². The molecule has 124 valence electrons. The van der Waals surface area contributed by atoms with Crippen molar-refractivity contribution >= 4 is 17.7 Å². The number of nitrogens with one attached hydrogen (secondary N) is 1. The summed E-state index contributed by atoms with van der Waals surface area (Å²) in [6.45, 7) is 0.0769. The summed E-state index contributed by atoms with van der Waals surface area (Å²) in [5.74, 6) is 6.02. The molecule has 2 aromatic carbocycles. The summed E-state index contributed by atoms with van der Waals surface area (Å²) in [7, 11) is 0.